The third kappa shape index (κ3) is 5.50. The minimum atomic E-state index is -0.959. The molecule has 0 aromatic carbocycles. The number of amides is 2. The number of rotatable bonds is 3. The SMILES string of the molecule is CCC1(C(=O)O)CCN(C(=O)O)CC1.O=C(O)C1CCN(C(=O)O)CC1. The molecule has 2 aliphatic rings. The molecule has 0 radical (unpaired) electrons. The van der Waals surface area contributed by atoms with Crippen molar-refractivity contribution in [3.63, 3.8) is 0 Å². The highest BCUT2D eigenvalue weighted by Crippen LogP contribution is 2.35. The summed E-state index contributed by atoms with van der Waals surface area (Å²) in [5, 5.41) is 34.9. The van der Waals surface area contributed by atoms with Crippen molar-refractivity contribution < 1.29 is 39.6 Å². The van der Waals surface area contributed by atoms with Crippen molar-refractivity contribution >= 4 is 24.1 Å². The van der Waals surface area contributed by atoms with E-state index in [1.807, 2.05) is 6.92 Å². The Morgan fingerprint density at radius 2 is 1.27 bits per heavy atom. The van der Waals surface area contributed by atoms with Crippen molar-refractivity contribution in [2.24, 2.45) is 11.3 Å². The van der Waals surface area contributed by atoms with Crippen molar-refractivity contribution in [3.05, 3.63) is 0 Å². The maximum absolute atomic E-state index is 11.0. The fraction of sp³-hybridized carbons (Fsp3) is 0.750. The molecule has 10 heteroatoms. The third-order valence-corrected chi connectivity index (χ3v) is 5.24. The Morgan fingerprint density at radius 3 is 1.58 bits per heavy atom. The van der Waals surface area contributed by atoms with Gasteiger partial charge in [0.25, 0.3) is 0 Å². The lowest BCUT2D eigenvalue weighted by Gasteiger charge is -2.36. The molecule has 148 valence electrons. The summed E-state index contributed by atoms with van der Waals surface area (Å²) in [6, 6.07) is 0. The van der Waals surface area contributed by atoms with Gasteiger partial charge in [0.15, 0.2) is 0 Å². The highest BCUT2D eigenvalue weighted by molar-refractivity contribution is 5.75. The molecule has 0 aromatic rings. The number of carbonyl (C=O) groups is 4. The van der Waals surface area contributed by atoms with E-state index in [1.165, 1.54) is 9.80 Å². The first-order valence-electron chi connectivity index (χ1n) is 8.55. The van der Waals surface area contributed by atoms with Gasteiger partial charge in [-0.1, -0.05) is 6.92 Å². The lowest BCUT2D eigenvalue weighted by atomic mass is 9.76. The summed E-state index contributed by atoms with van der Waals surface area (Å²) in [6.45, 7) is 3.17. The third-order valence-electron chi connectivity index (χ3n) is 5.24. The number of carboxylic acid groups (broad SMARTS) is 4. The van der Waals surface area contributed by atoms with E-state index in [9.17, 15) is 19.2 Å². The second-order valence-corrected chi connectivity index (χ2v) is 6.59. The fourth-order valence-electron chi connectivity index (χ4n) is 3.16. The molecule has 2 rings (SSSR count). The Bertz CT molecular complexity index is 512. The van der Waals surface area contributed by atoms with E-state index in [2.05, 4.69) is 0 Å². The molecule has 4 N–H and O–H groups in total. The minimum absolute atomic E-state index is 0.329. The molecule has 0 aliphatic carbocycles. The van der Waals surface area contributed by atoms with Crippen LogP contribution in [0.2, 0.25) is 0 Å². The number of nitrogens with zero attached hydrogens (tertiary/aromatic N) is 2. The smallest absolute Gasteiger partial charge is 0.407 e. The number of piperidine rings is 2. The molecule has 0 saturated carbocycles. The summed E-state index contributed by atoms with van der Waals surface area (Å²) < 4.78 is 0. The molecule has 2 aliphatic heterocycles. The van der Waals surface area contributed by atoms with Gasteiger partial charge in [-0.25, -0.2) is 9.59 Å². The van der Waals surface area contributed by atoms with Gasteiger partial charge in [0.2, 0.25) is 0 Å². The van der Waals surface area contributed by atoms with Gasteiger partial charge in [0.1, 0.15) is 0 Å². The number of likely N-dealkylation sites (tertiary alicyclic amines) is 2. The van der Waals surface area contributed by atoms with E-state index >= 15 is 0 Å². The van der Waals surface area contributed by atoms with Crippen molar-refractivity contribution in [2.75, 3.05) is 26.2 Å². The largest absolute Gasteiger partial charge is 0.481 e. The summed E-state index contributed by atoms with van der Waals surface area (Å²) in [7, 11) is 0. The van der Waals surface area contributed by atoms with Crippen LogP contribution in [-0.4, -0.2) is 80.5 Å². The van der Waals surface area contributed by atoms with Gasteiger partial charge in [-0.15, -0.1) is 0 Å². The highest BCUT2D eigenvalue weighted by atomic mass is 16.4. The van der Waals surface area contributed by atoms with Gasteiger partial charge in [-0.3, -0.25) is 9.59 Å². The number of aliphatic carboxylic acids is 2. The average molecular weight is 374 g/mol. The van der Waals surface area contributed by atoms with E-state index in [4.69, 9.17) is 20.4 Å². The van der Waals surface area contributed by atoms with Gasteiger partial charge in [0.05, 0.1) is 11.3 Å². The zero-order valence-corrected chi connectivity index (χ0v) is 14.8. The van der Waals surface area contributed by atoms with E-state index in [0.29, 0.717) is 58.3 Å². The predicted molar refractivity (Wildman–Crippen MR) is 89.1 cm³/mol. The summed E-state index contributed by atoms with van der Waals surface area (Å²) in [6.07, 6.45) is 0.355. The summed E-state index contributed by atoms with van der Waals surface area (Å²) in [5.74, 6) is -1.98. The minimum Gasteiger partial charge on any atom is -0.481 e. The van der Waals surface area contributed by atoms with Crippen LogP contribution in [0.1, 0.15) is 39.0 Å². The monoisotopic (exact) mass is 374 g/mol. The van der Waals surface area contributed by atoms with E-state index in [-0.39, 0.29) is 5.92 Å². The van der Waals surface area contributed by atoms with Crippen LogP contribution in [0.5, 0.6) is 0 Å². The van der Waals surface area contributed by atoms with Crippen LogP contribution in [0.4, 0.5) is 9.59 Å². The summed E-state index contributed by atoms with van der Waals surface area (Å²) in [5.41, 5.74) is -0.702. The number of hydrogen-bond donors (Lipinski definition) is 4. The first kappa shape index (κ1) is 21.5. The van der Waals surface area contributed by atoms with Gasteiger partial charge in [-0.2, -0.15) is 0 Å². The van der Waals surface area contributed by atoms with Gasteiger partial charge in [0, 0.05) is 26.2 Å². The lowest BCUT2D eigenvalue weighted by molar-refractivity contribution is -0.152. The maximum Gasteiger partial charge on any atom is 0.407 e. The second-order valence-electron chi connectivity index (χ2n) is 6.59. The molecule has 0 unspecified atom stereocenters. The first-order valence-corrected chi connectivity index (χ1v) is 8.55. The number of carboxylic acids is 2. The zero-order chi connectivity index (χ0) is 19.9. The molecule has 0 aromatic heterocycles. The van der Waals surface area contributed by atoms with Gasteiger partial charge in [-0.05, 0) is 32.1 Å². The average Bonchev–Trinajstić information content (AvgIpc) is 2.62. The quantitative estimate of drug-likeness (QED) is 0.581. The molecule has 2 saturated heterocycles. The number of hydrogen-bond acceptors (Lipinski definition) is 4. The molecule has 2 heterocycles. The Balaban J connectivity index is 0.000000263. The van der Waals surface area contributed by atoms with Crippen LogP contribution >= 0.6 is 0 Å². The molecule has 2 amide bonds. The molecule has 0 bridgehead atoms. The Hall–Kier alpha value is -2.52. The van der Waals surface area contributed by atoms with Crippen molar-refractivity contribution in [2.45, 2.75) is 39.0 Å². The molecular weight excluding hydrogens is 348 g/mol. The van der Waals surface area contributed by atoms with E-state index in [1.54, 1.807) is 0 Å². The molecule has 26 heavy (non-hydrogen) atoms. The van der Waals surface area contributed by atoms with Crippen molar-refractivity contribution in [1.29, 1.82) is 0 Å². The van der Waals surface area contributed by atoms with Crippen LogP contribution in [-0.2, 0) is 9.59 Å². The normalized spacial score (nSPS) is 19.9. The highest BCUT2D eigenvalue weighted by Gasteiger charge is 2.40. The van der Waals surface area contributed by atoms with Crippen molar-refractivity contribution in [1.82, 2.24) is 9.80 Å². The Labute approximate surface area is 151 Å². The van der Waals surface area contributed by atoms with Crippen molar-refractivity contribution in [3.8, 4) is 0 Å². The van der Waals surface area contributed by atoms with Crippen LogP contribution in [0, 0.1) is 11.3 Å². The van der Waals surface area contributed by atoms with E-state index < -0.39 is 29.5 Å². The van der Waals surface area contributed by atoms with Crippen LogP contribution in [0.25, 0.3) is 0 Å². The Morgan fingerprint density at radius 1 is 0.846 bits per heavy atom. The molecule has 10 nitrogen and oxygen atoms in total. The van der Waals surface area contributed by atoms with Crippen LogP contribution < -0.4 is 0 Å². The summed E-state index contributed by atoms with van der Waals surface area (Å²) in [4.78, 5) is 45.0. The zero-order valence-electron chi connectivity index (χ0n) is 14.8. The van der Waals surface area contributed by atoms with Gasteiger partial charge >= 0.3 is 24.1 Å². The van der Waals surface area contributed by atoms with Crippen LogP contribution in [0.15, 0.2) is 0 Å². The summed E-state index contributed by atoms with van der Waals surface area (Å²) >= 11 is 0. The Kier molecular flexibility index (Phi) is 7.66. The van der Waals surface area contributed by atoms with Crippen LogP contribution in [0.3, 0.4) is 0 Å². The maximum atomic E-state index is 11.0. The molecule has 0 atom stereocenters. The lowest BCUT2D eigenvalue weighted by Crippen LogP contribution is -2.45. The standard InChI is InChI=1S/C9H15NO4.C7H11NO4/c1-2-9(7(11)12)3-5-10(6-4-9)8(13)14;9-6(10)5-1-3-8(4-2-5)7(11)12/h2-6H2,1H3,(H,11,12)(H,13,14);5H,1-4H2,(H,9,10)(H,11,12). The molecular formula is C16H26N2O8. The fourth-order valence-corrected chi connectivity index (χ4v) is 3.16. The predicted octanol–water partition coefficient (Wildman–Crippen LogP) is 1.70. The van der Waals surface area contributed by atoms with Gasteiger partial charge < -0.3 is 30.2 Å². The molecule has 0 spiro atoms. The molecule has 2 fully saturated rings. The first-order chi connectivity index (χ1) is 12.1. The topological polar surface area (TPSA) is 156 Å². The van der Waals surface area contributed by atoms with E-state index in [0.717, 1.165) is 0 Å². The second kappa shape index (κ2) is 9.25.